The number of rotatable bonds is 6. The maximum Gasteiger partial charge on any atom is 0.573 e. The van der Waals surface area contributed by atoms with Gasteiger partial charge < -0.3 is 25.3 Å². The molecule has 10 heteroatoms. The molecule has 1 heterocycles. The molecule has 0 aliphatic heterocycles. The van der Waals surface area contributed by atoms with E-state index < -0.39 is 19.3 Å². The number of ether oxygens (including phenoxy) is 1. The second-order valence-electron chi connectivity index (χ2n) is 8.46. The lowest BCUT2D eigenvalue weighted by molar-refractivity contribution is -0.274. The molecule has 4 rings (SSSR count). The highest BCUT2D eigenvalue weighted by Gasteiger charge is 2.36. The summed E-state index contributed by atoms with van der Waals surface area (Å²) in [7, 11) is -1.05. The molecule has 0 saturated heterocycles. The first kappa shape index (κ1) is 23.2. The number of alkyl halides is 3. The van der Waals surface area contributed by atoms with E-state index in [1.807, 2.05) is 0 Å². The van der Waals surface area contributed by atoms with Crippen LogP contribution in [0.4, 0.5) is 24.5 Å². The molecule has 6 nitrogen and oxygen atoms in total. The zero-order valence-corrected chi connectivity index (χ0v) is 19.5. The number of hydrogen-bond donors (Lipinski definition) is 2. The van der Waals surface area contributed by atoms with Crippen LogP contribution in [0, 0.1) is 0 Å². The van der Waals surface area contributed by atoms with Crippen LogP contribution in [0.25, 0.3) is 22.6 Å². The molecule has 0 radical (unpaired) electrons. The number of benzene rings is 2. The normalized spacial score (nSPS) is 15.9. The fraction of sp³-hybridized carbons (Fsp3) is 0.348. The van der Waals surface area contributed by atoms with Gasteiger partial charge in [0.1, 0.15) is 18.7 Å². The fourth-order valence-corrected chi connectivity index (χ4v) is 5.09. The van der Waals surface area contributed by atoms with E-state index in [0.29, 0.717) is 39.9 Å². The molecule has 2 aromatic carbocycles. The molecular formula is C23H26F3N4O2P. The zero-order valence-electron chi connectivity index (χ0n) is 18.6. The van der Waals surface area contributed by atoms with Crippen LogP contribution in [-0.4, -0.2) is 28.7 Å². The molecule has 4 N–H and O–H groups in total. The van der Waals surface area contributed by atoms with Crippen molar-refractivity contribution in [3.05, 3.63) is 42.1 Å². The van der Waals surface area contributed by atoms with Gasteiger partial charge in [0.25, 0.3) is 0 Å². The first-order valence-corrected chi connectivity index (χ1v) is 12.9. The number of aromatic nitrogens is 2. The Morgan fingerprint density at radius 1 is 1.18 bits per heavy atom. The Morgan fingerprint density at radius 3 is 2.48 bits per heavy atom. The lowest BCUT2D eigenvalue weighted by Gasteiger charge is -2.17. The lowest BCUT2D eigenvalue weighted by Crippen LogP contribution is -2.19. The molecule has 33 heavy (non-hydrogen) atoms. The molecule has 1 fully saturated rings. The molecule has 0 bridgehead atoms. The molecular weight excluding hydrogens is 452 g/mol. The smallest absolute Gasteiger partial charge is 0.405 e. The highest BCUT2D eigenvalue weighted by Crippen LogP contribution is 2.48. The van der Waals surface area contributed by atoms with E-state index in [-0.39, 0.29) is 11.5 Å². The summed E-state index contributed by atoms with van der Waals surface area (Å²) in [6.07, 6.45) is -2.68. The van der Waals surface area contributed by atoms with E-state index >= 15 is 0 Å². The summed E-state index contributed by atoms with van der Waals surface area (Å²) in [5, 5.41) is 0.324. The van der Waals surface area contributed by atoms with Gasteiger partial charge >= 0.3 is 6.36 Å². The highest BCUT2D eigenvalue weighted by atomic mass is 31.2. The monoisotopic (exact) mass is 478 g/mol. The third-order valence-corrected chi connectivity index (χ3v) is 8.66. The summed E-state index contributed by atoms with van der Waals surface area (Å²) >= 11 is 0. The lowest BCUT2D eigenvalue weighted by atomic mass is 10.0. The van der Waals surface area contributed by atoms with Gasteiger partial charge in [0.2, 0.25) is 0 Å². The van der Waals surface area contributed by atoms with Crippen molar-refractivity contribution in [3.8, 4) is 28.4 Å². The standard InChI is InChI=1S/C23H26F3N4O2P/c1-4-33(3,31)14-10-11-15(18(12-14)32-23(24,25)26)22-29-20(21(30(22)2)13-8-9-13)16-6-5-7-17(27)19(16)28/h5-7,10-13H,4,8-9,27-28H2,1-3H3/t33-/m0/s1. The minimum atomic E-state index is -4.91. The summed E-state index contributed by atoms with van der Waals surface area (Å²) in [5.74, 6) is 0.106. The summed E-state index contributed by atoms with van der Waals surface area (Å²) in [6.45, 7) is 3.29. The van der Waals surface area contributed by atoms with Crippen LogP contribution in [0.3, 0.4) is 0 Å². The summed E-state index contributed by atoms with van der Waals surface area (Å²) in [4.78, 5) is 4.73. The number of imidazole rings is 1. The van der Waals surface area contributed by atoms with E-state index in [1.165, 1.54) is 12.1 Å². The number of para-hydroxylation sites is 1. The van der Waals surface area contributed by atoms with Crippen molar-refractivity contribution in [2.24, 2.45) is 7.05 Å². The van der Waals surface area contributed by atoms with Crippen molar-refractivity contribution >= 4 is 23.8 Å². The molecule has 1 aliphatic rings. The van der Waals surface area contributed by atoms with Gasteiger partial charge in [-0.1, -0.05) is 25.1 Å². The first-order valence-electron chi connectivity index (χ1n) is 10.6. The van der Waals surface area contributed by atoms with Gasteiger partial charge in [0.05, 0.1) is 22.6 Å². The Bertz CT molecular complexity index is 1270. The number of nitrogens with two attached hydrogens (primary N) is 2. The van der Waals surface area contributed by atoms with Crippen LogP contribution >= 0.6 is 7.14 Å². The van der Waals surface area contributed by atoms with E-state index in [4.69, 9.17) is 16.5 Å². The van der Waals surface area contributed by atoms with Crippen molar-refractivity contribution in [2.75, 3.05) is 24.3 Å². The number of nitrogens with zero attached hydrogens (tertiary/aromatic N) is 2. The Labute approximate surface area is 190 Å². The number of hydrogen-bond acceptors (Lipinski definition) is 5. The van der Waals surface area contributed by atoms with Gasteiger partial charge in [-0.25, -0.2) is 4.98 Å². The van der Waals surface area contributed by atoms with Gasteiger partial charge in [0, 0.05) is 35.7 Å². The van der Waals surface area contributed by atoms with Crippen LogP contribution in [0.1, 0.15) is 31.4 Å². The van der Waals surface area contributed by atoms with Crippen molar-refractivity contribution in [3.63, 3.8) is 0 Å². The van der Waals surface area contributed by atoms with Gasteiger partial charge in [-0.15, -0.1) is 13.2 Å². The third-order valence-electron chi connectivity index (χ3n) is 6.08. The first-order chi connectivity index (χ1) is 15.4. The van der Waals surface area contributed by atoms with Crippen molar-refractivity contribution in [1.29, 1.82) is 0 Å². The Kier molecular flexibility index (Phi) is 5.73. The van der Waals surface area contributed by atoms with Crippen LogP contribution in [0.5, 0.6) is 5.75 Å². The SMILES string of the molecule is CC[P@](C)(=O)c1ccc(-c2nc(-c3cccc(N)c3N)c(C3CC3)n2C)c(OC(F)(F)F)c1. The Morgan fingerprint density at radius 2 is 1.88 bits per heavy atom. The van der Waals surface area contributed by atoms with E-state index in [9.17, 15) is 17.7 Å². The molecule has 1 saturated carbocycles. The summed E-state index contributed by atoms with van der Waals surface area (Å²) in [5.41, 5.74) is 15.3. The predicted octanol–water partition coefficient (Wildman–Crippen LogP) is 5.33. The molecule has 0 amide bonds. The maximum atomic E-state index is 13.3. The number of anilines is 2. The maximum absolute atomic E-state index is 13.3. The van der Waals surface area contributed by atoms with E-state index in [2.05, 4.69) is 4.74 Å². The predicted molar refractivity (Wildman–Crippen MR) is 125 cm³/mol. The third kappa shape index (κ3) is 4.47. The van der Waals surface area contributed by atoms with Crippen LogP contribution in [0.15, 0.2) is 36.4 Å². The van der Waals surface area contributed by atoms with Crippen molar-refractivity contribution < 1.29 is 22.5 Å². The van der Waals surface area contributed by atoms with E-state index in [0.717, 1.165) is 18.5 Å². The molecule has 1 aliphatic carbocycles. The molecule has 0 spiro atoms. The molecule has 0 unspecified atom stereocenters. The highest BCUT2D eigenvalue weighted by molar-refractivity contribution is 7.70. The minimum absolute atomic E-state index is 0.158. The molecule has 3 aromatic rings. The van der Waals surface area contributed by atoms with Crippen molar-refractivity contribution in [1.82, 2.24) is 9.55 Å². The van der Waals surface area contributed by atoms with Gasteiger partial charge in [0.15, 0.2) is 0 Å². The summed E-state index contributed by atoms with van der Waals surface area (Å²) in [6, 6.07) is 9.55. The Hall–Kier alpha value is -2.93. The van der Waals surface area contributed by atoms with Crippen molar-refractivity contribution in [2.45, 2.75) is 32.0 Å². The zero-order chi connectivity index (χ0) is 24.1. The topological polar surface area (TPSA) is 96.2 Å². The largest absolute Gasteiger partial charge is 0.573 e. The van der Waals surface area contributed by atoms with Crippen LogP contribution in [0.2, 0.25) is 0 Å². The minimum Gasteiger partial charge on any atom is -0.405 e. The van der Waals surface area contributed by atoms with Gasteiger partial charge in [-0.2, -0.15) is 0 Å². The second-order valence-corrected chi connectivity index (χ2v) is 11.8. The fourth-order valence-electron chi connectivity index (χ4n) is 3.95. The number of nitrogen functional groups attached to an aromatic ring is 2. The average molecular weight is 478 g/mol. The molecule has 1 aromatic heterocycles. The molecule has 176 valence electrons. The van der Waals surface area contributed by atoms with E-state index in [1.54, 1.807) is 49.5 Å². The average Bonchev–Trinajstić information content (AvgIpc) is 3.52. The second kappa shape index (κ2) is 8.13. The van der Waals surface area contributed by atoms with Gasteiger partial charge in [-0.05, 0) is 37.7 Å². The Balaban J connectivity index is 1.94. The van der Waals surface area contributed by atoms with Gasteiger partial charge in [-0.3, -0.25) is 0 Å². The number of halogens is 3. The quantitative estimate of drug-likeness (QED) is 0.369. The van der Waals surface area contributed by atoms with Crippen LogP contribution in [-0.2, 0) is 11.6 Å². The molecule has 1 atom stereocenters. The summed E-state index contributed by atoms with van der Waals surface area (Å²) < 4.78 is 58.9. The van der Waals surface area contributed by atoms with Crippen LogP contribution < -0.4 is 21.5 Å².